The Bertz CT molecular complexity index is 438. The first-order valence-electron chi connectivity index (χ1n) is 7.37. The van der Waals surface area contributed by atoms with Gasteiger partial charge in [-0.3, -0.25) is 0 Å². The van der Waals surface area contributed by atoms with Gasteiger partial charge in [-0.2, -0.15) is 0 Å². The summed E-state index contributed by atoms with van der Waals surface area (Å²) in [5.41, 5.74) is 1.40. The van der Waals surface area contributed by atoms with E-state index in [4.69, 9.17) is 0 Å². The molecule has 4 atom stereocenters. The Morgan fingerprint density at radius 3 is 2.74 bits per heavy atom. The van der Waals surface area contributed by atoms with E-state index in [2.05, 4.69) is 66.8 Å². The highest BCUT2D eigenvalue weighted by Gasteiger charge is 2.40. The van der Waals surface area contributed by atoms with Crippen molar-refractivity contribution < 1.29 is 0 Å². The highest BCUT2D eigenvalue weighted by molar-refractivity contribution is 5.20. The van der Waals surface area contributed by atoms with Crippen LogP contribution in [0.4, 0.5) is 0 Å². The van der Waals surface area contributed by atoms with Gasteiger partial charge in [-0.15, -0.1) is 0 Å². The van der Waals surface area contributed by atoms with E-state index < -0.39 is 0 Å². The van der Waals surface area contributed by atoms with Crippen molar-refractivity contribution >= 4 is 0 Å². The fourth-order valence-electron chi connectivity index (χ4n) is 3.48. The molecule has 2 aliphatic carbocycles. The lowest BCUT2D eigenvalue weighted by Crippen LogP contribution is -2.50. The topological polar surface area (TPSA) is 15.3 Å². The van der Waals surface area contributed by atoms with E-state index in [9.17, 15) is 0 Å². The fourth-order valence-corrected chi connectivity index (χ4v) is 3.48. The Labute approximate surface area is 116 Å². The van der Waals surface area contributed by atoms with Gasteiger partial charge in [-0.1, -0.05) is 42.5 Å². The Hall–Kier alpha value is -1.12. The van der Waals surface area contributed by atoms with E-state index in [1.165, 1.54) is 18.4 Å². The van der Waals surface area contributed by atoms with Gasteiger partial charge in [0, 0.05) is 18.6 Å². The average Bonchev–Trinajstić information content (AvgIpc) is 2.76. The van der Waals surface area contributed by atoms with Crippen molar-refractivity contribution in [1.29, 1.82) is 0 Å². The largest absolute Gasteiger partial charge is 0.311 e. The molecule has 2 aliphatic rings. The summed E-state index contributed by atoms with van der Waals surface area (Å²) in [4.78, 5) is 2.31. The first-order chi connectivity index (χ1) is 9.25. The van der Waals surface area contributed by atoms with E-state index in [1.54, 1.807) is 0 Å². The van der Waals surface area contributed by atoms with Crippen molar-refractivity contribution in [3.05, 3.63) is 48.0 Å². The van der Waals surface area contributed by atoms with E-state index >= 15 is 0 Å². The van der Waals surface area contributed by atoms with Crippen LogP contribution in [0.3, 0.4) is 0 Å². The van der Waals surface area contributed by atoms with Crippen LogP contribution in [0.15, 0.2) is 42.5 Å². The third kappa shape index (κ3) is 2.60. The van der Waals surface area contributed by atoms with E-state index in [-0.39, 0.29) is 0 Å². The molecule has 0 radical (unpaired) electrons. The van der Waals surface area contributed by atoms with Crippen molar-refractivity contribution in [3.63, 3.8) is 0 Å². The molecule has 0 bridgehead atoms. The predicted molar refractivity (Wildman–Crippen MR) is 80.0 cm³/mol. The van der Waals surface area contributed by atoms with Crippen LogP contribution in [0.25, 0.3) is 0 Å². The molecule has 3 rings (SSSR count). The van der Waals surface area contributed by atoms with Gasteiger partial charge in [0.25, 0.3) is 0 Å². The van der Waals surface area contributed by atoms with Crippen LogP contribution in [-0.4, -0.2) is 31.6 Å². The van der Waals surface area contributed by atoms with E-state index in [1.807, 2.05) is 0 Å². The van der Waals surface area contributed by atoms with Gasteiger partial charge in [0.2, 0.25) is 0 Å². The third-order valence-corrected chi connectivity index (χ3v) is 4.74. The summed E-state index contributed by atoms with van der Waals surface area (Å²) in [5, 5.41) is 3.78. The van der Waals surface area contributed by atoms with Gasteiger partial charge < -0.3 is 10.2 Å². The summed E-state index contributed by atoms with van der Waals surface area (Å²) in [5.74, 6) is 1.74. The highest BCUT2D eigenvalue weighted by Crippen LogP contribution is 2.42. The summed E-state index contributed by atoms with van der Waals surface area (Å²) < 4.78 is 0. The van der Waals surface area contributed by atoms with Crippen LogP contribution < -0.4 is 5.32 Å². The number of nitrogens with zero attached hydrogens (tertiary/aromatic N) is 1. The van der Waals surface area contributed by atoms with Crippen LogP contribution in [0.5, 0.6) is 0 Å². The maximum absolute atomic E-state index is 3.78. The molecule has 0 saturated heterocycles. The smallest absolute Gasteiger partial charge is 0.0466 e. The fraction of sp³-hybridized carbons (Fsp3) is 0.529. The molecule has 2 heteroatoms. The van der Waals surface area contributed by atoms with Crippen LogP contribution in [0.2, 0.25) is 0 Å². The zero-order valence-electron chi connectivity index (χ0n) is 11.9. The first kappa shape index (κ1) is 12.9. The first-order valence-corrected chi connectivity index (χ1v) is 7.37. The van der Waals surface area contributed by atoms with Gasteiger partial charge in [0.15, 0.2) is 0 Å². The molecule has 2 nitrogen and oxygen atoms in total. The molecule has 1 N–H and O–H groups in total. The number of benzene rings is 1. The lowest BCUT2D eigenvalue weighted by atomic mass is 9.71. The SMILES string of the molecule is CN(C)C(CNC1CC2CC=CC21)c1ccccc1. The molecular weight excluding hydrogens is 232 g/mol. The van der Waals surface area contributed by atoms with Crippen LogP contribution in [0.1, 0.15) is 24.4 Å². The number of fused-ring (bicyclic) bond motifs is 1. The monoisotopic (exact) mass is 256 g/mol. The minimum Gasteiger partial charge on any atom is -0.311 e. The molecule has 0 aliphatic heterocycles. The highest BCUT2D eigenvalue weighted by atomic mass is 15.1. The number of hydrogen-bond donors (Lipinski definition) is 1. The molecule has 0 spiro atoms. The standard InChI is InChI=1S/C17H24N2/c1-19(2)17(13-7-4-3-5-8-13)12-18-16-11-14-9-6-10-15(14)16/h3-8,10,14-18H,9,11-12H2,1-2H3. The summed E-state index contributed by atoms with van der Waals surface area (Å²) in [6, 6.07) is 12.0. The molecular formula is C17H24N2. The molecule has 1 aromatic rings. The summed E-state index contributed by atoms with van der Waals surface area (Å²) in [7, 11) is 4.33. The third-order valence-electron chi connectivity index (χ3n) is 4.74. The Kier molecular flexibility index (Phi) is 3.72. The number of allylic oxidation sites excluding steroid dienone is 1. The Morgan fingerprint density at radius 1 is 1.26 bits per heavy atom. The van der Waals surface area contributed by atoms with Crippen molar-refractivity contribution in [3.8, 4) is 0 Å². The van der Waals surface area contributed by atoms with Gasteiger partial charge in [-0.05, 0) is 44.3 Å². The molecule has 19 heavy (non-hydrogen) atoms. The quantitative estimate of drug-likeness (QED) is 0.815. The zero-order chi connectivity index (χ0) is 13.2. The minimum atomic E-state index is 0.464. The van der Waals surface area contributed by atoms with Crippen LogP contribution in [0, 0.1) is 11.8 Å². The lowest BCUT2D eigenvalue weighted by molar-refractivity contribution is 0.150. The molecule has 4 unspecified atom stereocenters. The number of hydrogen-bond acceptors (Lipinski definition) is 2. The van der Waals surface area contributed by atoms with E-state index in [0.29, 0.717) is 12.1 Å². The van der Waals surface area contributed by atoms with Crippen LogP contribution >= 0.6 is 0 Å². The number of likely N-dealkylation sites (N-methyl/N-ethyl adjacent to an activating group) is 1. The molecule has 0 aromatic heterocycles. The van der Waals surface area contributed by atoms with Gasteiger partial charge in [-0.25, -0.2) is 0 Å². The zero-order valence-corrected chi connectivity index (χ0v) is 11.9. The second kappa shape index (κ2) is 5.48. The normalized spacial score (nSPS) is 30.2. The summed E-state index contributed by atoms with van der Waals surface area (Å²) in [6.07, 6.45) is 7.43. The maximum atomic E-state index is 3.78. The van der Waals surface area contributed by atoms with E-state index in [0.717, 1.165) is 18.4 Å². The molecule has 1 saturated carbocycles. The lowest BCUT2D eigenvalue weighted by Gasteiger charge is -2.42. The number of rotatable bonds is 5. The van der Waals surface area contributed by atoms with Crippen molar-refractivity contribution in [2.75, 3.05) is 20.6 Å². The molecule has 0 heterocycles. The van der Waals surface area contributed by atoms with Gasteiger partial charge in [0.05, 0.1) is 0 Å². The Balaban J connectivity index is 1.59. The Morgan fingerprint density at radius 2 is 2.05 bits per heavy atom. The predicted octanol–water partition coefficient (Wildman–Crippen LogP) is 2.84. The van der Waals surface area contributed by atoms with Crippen molar-refractivity contribution in [2.24, 2.45) is 11.8 Å². The maximum Gasteiger partial charge on any atom is 0.0466 e. The van der Waals surface area contributed by atoms with Gasteiger partial charge >= 0.3 is 0 Å². The number of nitrogens with one attached hydrogen (secondary N) is 1. The molecule has 0 amide bonds. The summed E-state index contributed by atoms with van der Waals surface area (Å²) >= 11 is 0. The minimum absolute atomic E-state index is 0.464. The molecule has 1 aromatic carbocycles. The second-order valence-corrected chi connectivity index (χ2v) is 6.14. The van der Waals surface area contributed by atoms with Crippen LogP contribution in [-0.2, 0) is 0 Å². The summed E-state index contributed by atoms with van der Waals surface area (Å²) in [6.45, 7) is 1.04. The average molecular weight is 256 g/mol. The van der Waals surface area contributed by atoms with Gasteiger partial charge in [0.1, 0.15) is 0 Å². The van der Waals surface area contributed by atoms with Crippen molar-refractivity contribution in [1.82, 2.24) is 10.2 Å². The molecule has 1 fully saturated rings. The van der Waals surface area contributed by atoms with Crippen molar-refractivity contribution in [2.45, 2.75) is 24.9 Å². The second-order valence-electron chi connectivity index (χ2n) is 6.14. The molecule has 102 valence electrons.